The van der Waals surface area contributed by atoms with Crippen LogP contribution in [0.4, 0.5) is 0 Å². The maximum Gasteiger partial charge on any atom is 0.130 e. The van der Waals surface area contributed by atoms with Gasteiger partial charge in [-0.25, -0.2) is 4.98 Å². The van der Waals surface area contributed by atoms with Gasteiger partial charge in [0.15, 0.2) is 0 Å². The maximum atomic E-state index is 10.4. The van der Waals surface area contributed by atoms with Gasteiger partial charge in [-0.15, -0.1) is 0 Å². The van der Waals surface area contributed by atoms with Crippen molar-refractivity contribution in [1.82, 2.24) is 14.9 Å². The summed E-state index contributed by atoms with van der Waals surface area (Å²) >= 11 is 12.2. The number of hydrogen-bond acceptors (Lipinski definition) is 3. The van der Waals surface area contributed by atoms with Crippen LogP contribution >= 0.6 is 23.2 Å². The standard InChI is InChI=1S/C19H17Cl2N3O/c20-14-6-5-13(15(21)9-14)7-12-8-19(25)24(10-12)11-18-22-16-3-1-2-4-17(16)23-18/h1-6,9-10,19,25H,7-8,11H2,(H,22,23). The van der Waals surface area contributed by atoms with E-state index in [4.69, 9.17) is 23.2 Å². The monoisotopic (exact) mass is 373 g/mol. The third-order valence-electron chi connectivity index (χ3n) is 4.38. The predicted molar refractivity (Wildman–Crippen MR) is 101 cm³/mol. The Morgan fingerprint density at radius 1 is 1.20 bits per heavy atom. The minimum Gasteiger partial charge on any atom is -0.373 e. The molecule has 2 heterocycles. The number of rotatable bonds is 4. The lowest BCUT2D eigenvalue weighted by molar-refractivity contribution is 0.0466. The molecule has 128 valence electrons. The van der Waals surface area contributed by atoms with E-state index in [1.54, 1.807) is 6.07 Å². The largest absolute Gasteiger partial charge is 0.373 e. The Labute approximate surface area is 155 Å². The smallest absolute Gasteiger partial charge is 0.130 e. The summed E-state index contributed by atoms with van der Waals surface area (Å²) in [6, 6.07) is 13.4. The SMILES string of the molecule is OC1CC(Cc2ccc(Cl)cc2Cl)=CN1Cc1nc2ccccc2[nH]1. The molecule has 1 atom stereocenters. The fraction of sp³-hybridized carbons (Fsp3) is 0.211. The molecule has 0 amide bonds. The zero-order valence-electron chi connectivity index (χ0n) is 13.4. The lowest BCUT2D eigenvalue weighted by Gasteiger charge is -2.19. The van der Waals surface area contributed by atoms with Gasteiger partial charge in [0.05, 0.1) is 17.6 Å². The molecule has 1 aliphatic heterocycles. The highest BCUT2D eigenvalue weighted by molar-refractivity contribution is 6.35. The first-order valence-corrected chi connectivity index (χ1v) is 8.85. The number of halogens is 2. The van der Waals surface area contributed by atoms with E-state index in [-0.39, 0.29) is 0 Å². The molecule has 0 radical (unpaired) electrons. The van der Waals surface area contributed by atoms with Gasteiger partial charge in [0, 0.05) is 22.7 Å². The van der Waals surface area contributed by atoms with Gasteiger partial charge < -0.3 is 15.0 Å². The summed E-state index contributed by atoms with van der Waals surface area (Å²) in [5.74, 6) is 0.835. The molecule has 4 rings (SSSR count). The molecule has 0 bridgehead atoms. The normalized spacial score (nSPS) is 17.3. The van der Waals surface area contributed by atoms with Crippen molar-refractivity contribution in [1.29, 1.82) is 0 Å². The second-order valence-corrected chi connectivity index (χ2v) is 7.10. The number of aromatic amines is 1. The molecular weight excluding hydrogens is 357 g/mol. The van der Waals surface area contributed by atoms with E-state index in [1.165, 1.54) is 0 Å². The van der Waals surface area contributed by atoms with Gasteiger partial charge in [-0.05, 0) is 41.8 Å². The number of para-hydroxylation sites is 2. The van der Waals surface area contributed by atoms with E-state index in [2.05, 4.69) is 9.97 Å². The van der Waals surface area contributed by atoms with Gasteiger partial charge in [0.1, 0.15) is 12.1 Å². The molecule has 0 spiro atoms. The topological polar surface area (TPSA) is 52.1 Å². The molecule has 4 nitrogen and oxygen atoms in total. The quantitative estimate of drug-likeness (QED) is 0.706. The third kappa shape index (κ3) is 3.52. The van der Waals surface area contributed by atoms with E-state index in [0.717, 1.165) is 28.0 Å². The van der Waals surface area contributed by atoms with Crippen LogP contribution in [0.2, 0.25) is 10.0 Å². The van der Waals surface area contributed by atoms with Crippen LogP contribution < -0.4 is 0 Å². The summed E-state index contributed by atoms with van der Waals surface area (Å²) in [4.78, 5) is 9.76. The van der Waals surface area contributed by atoms with E-state index in [9.17, 15) is 5.11 Å². The number of imidazole rings is 1. The van der Waals surface area contributed by atoms with Gasteiger partial charge in [-0.2, -0.15) is 0 Å². The molecule has 0 saturated carbocycles. The number of nitrogens with zero attached hydrogens (tertiary/aromatic N) is 2. The number of hydrogen-bond donors (Lipinski definition) is 2. The van der Waals surface area contributed by atoms with Crippen molar-refractivity contribution < 1.29 is 5.11 Å². The summed E-state index contributed by atoms with van der Waals surface area (Å²) in [5, 5.41) is 11.6. The maximum absolute atomic E-state index is 10.4. The molecule has 0 fully saturated rings. The van der Waals surface area contributed by atoms with Gasteiger partial charge >= 0.3 is 0 Å². The average molecular weight is 374 g/mol. The van der Waals surface area contributed by atoms with Crippen LogP contribution in [-0.2, 0) is 13.0 Å². The Kier molecular flexibility index (Phi) is 4.42. The summed E-state index contributed by atoms with van der Waals surface area (Å²) in [5.41, 5.74) is 4.08. The highest BCUT2D eigenvalue weighted by Gasteiger charge is 2.23. The first kappa shape index (κ1) is 16.5. The number of fused-ring (bicyclic) bond motifs is 1. The Balaban J connectivity index is 1.50. The molecule has 1 unspecified atom stereocenters. The van der Waals surface area contributed by atoms with Crippen LogP contribution in [0.1, 0.15) is 17.8 Å². The predicted octanol–water partition coefficient (Wildman–Crippen LogP) is 4.52. The Bertz CT molecular complexity index is 918. The number of nitrogens with one attached hydrogen (secondary N) is 1. The van der Waals surface area contributed by atoms with Crippen molar-refractivity contribution in [2.24, 2.45) is 0 Å². The molecule has 6 heteroatoms. The van der Waals surface area contributed by atoms with Gasteiger partial charge in [-0.1, -0.05) is 41.4 Å². The highest BCUT2D eigenvalue weighted by Crippen LogP contribution is 2.29. The van der Waals surface area contributed by atoms with Crippen molar-refractivity contribution in [3.05, 3.63) is 75.7 Å². The van der Waals surface area contributed by atoms with E-state index >= 15 is 0 Å². The van der Waals surface area contributed by atoms with Gasteiger partial charge in [0.25, 0.3) is 0 Å². The van der Waals surface area contributed by atoms with E-state index in [1.807, 2.05) is 47.5 Å². The molecule has 25 heavy (non-hydrogen) atoms. The van der Waals surface area contributed by atoms with Crippen molar-refractivity contribution in [3.8, 4) is 0 Å². The zero-order valence-corrected chi connectivity index (χ0v) is 14.9. The van der Waals surface area contributed by atoms with Gasteiger partial charge in [-0.3, -0.25) is 0 Å². The number of H-pyrrole nitrogens is 1. The first-order chi connectivity index (χ1) is 12.1. The number of aromatic nitrogens is 2. The zero-order chi connectivity index (χ0) is 17.4. The van der Waals surface area contributed by atoms with Crippen LogP contribution in [0, 0.1) is 0 Å². The Morgan fingerprint density at radius 3 is 2.84 bits per heavy atom. The molecule has 2 aromatic carbocycles. The third-order valence-corrected chi connectivity index (χ3v) is 4.97. The van der Waals surface area contributed by atoms with Gasteiger partial charge in [0.2, 0.25) is 0 Å². The number of benzene rings is 2. The molecule has 0 saturated heterocycles. The van der Waals surface area contributed by atoms with Crippen LogP contribution in [0.3, 0.4) is 0 Å². The summed E-state index contributed by atoms with van der Waals surface area (Å²) in [7, 11) is 0. The lowest BCUT2D eigenvalue weighted by Crippen LogP contribution is -2.26. The molecule has 1 aromatic heterocycles. The summed E-state index contributed by atoms with van der Waals surface area (Å²) in [6.45, 7) is 0.535. The van der Waals surface area contributed by atoms with E-state index in [0.29, 0.717) is 29.4 Å². The van der Waals surface area contributed by atoms with Crippen molar-refractivity contribution in [2.45, 2.75) is 25.6 Å². The fourth-order valence-electron chi connectivity index (χ4n) is 3.16. The van der Waals surface area contributed by atoms with Crippen molar-refractivity contribution in [3.63, 3.8) is 0 Å². The van der Waals surface area contributed by atoms with Crippen LogP contribution in [-0.4, -0.2) is 26.2 Å². The number of aliphatic hydroxyl groups is 1. The van der Waals surface area contributed by atoms with Crippen molar-refractivity contribution >= 4 is 34.2 Å². The lowest BCUT2D eigenvalue weighted by atomic mass is 10.0. The van der Waals surface area contributed by atoms with Crippen LogP contribution in [0.5, 0.6) is 0 Å². The highest BCUT2D eigenvalue weighted by atomic mass is 35.5. The Hall–Kier alpha value is -2.01. The minimum absolute atomic E-state index is 0.535. The Morgan fingerprint density at radius 2 is 2.04 bits per heavy atom. The second-order valence-electron chi connectivity index (χ2n) is 6.26. The molecule has 1 aliphatic rings. The average Bonchev–Trinajstić information content (AvgIpc) is 3.13. The van der Waals surface area contributed by atoms with E-state index < -0.39 is 6.23 Å². The number of aliphatic hydroxyl groups excluding tert-OH is 1. The molecular formula is C19H17Cl2N3O. The fourth-order valence-corrected chi connectivity index (χ4v) is 3.63. The summed E-state index contributed by atoms with van der Waals surface area (Å²) in [6.07, 6.45) is 2.75. The van der Waals surface area contributed by atoms with Crippen LogP contribution in [0.15, 0.2) is 54.2 Å². The van der Waals surface area contributed by atoms with Crippen LogP contribution in [0.25, 0.3) is 11.0 Å². The molecule has 3 aromatic rings. The summed E-state index contributed by atoms with van der Waals surface area (Å²) < 4.78 is 0. The first-order valence-electron chi connectivity index (χ1n) is 8.09. The molecule has 2 N–H and O–H groups in total. The second kappa shape index (κ2) is 6.71. The molecule has 0 aliphatic carbocycles. The minimum atomic E-state index is -0.547. The van der Waals surface area contributed by atoms with Crippen molar-refractivity contribution in [2.75, 3.05) is 0 Å².